The zero-order valence-corrected chi connectivity index (χ0v) is 25.0. The van der Waals surface area contributed by atoms with Crippen molar-refractivity contribution in [3.05, 3.63) is 45.8 Å². The fourth-order valence-electron chi connectivity index (χ4n) is 4.33. The summed E-state index contributed by atoms with van der Waals surface area (Å²) in [5, 5.41) is 3.06. The Labute approximate surface area is 239 Å². The van der Waals surface area contributed by atoms with E-state index in [9.17, 15) is 27.6 Å². The summed E-state index contributed by atoms with van der Waals surface area (Å²) >= 11 is 1.19. The molecule has 3 rings (SSSR count). The van der Waals surface area contributed by atoms with E-state index in [-0.39, 0.29) is 26.9 Å². The molecule has 1 aliphatic rings. The van der Waals surface area contributed by atoms with Crippen molar-refractivity contribution in [1.82, 2.24) is 20.1 Å². The maximum absolute atomic E-state index is 13.3. The monoisotopic (exact) mass is 591 g/mol. The molecule has 2 aromatic rings. The number of unbranched alkanes of at least 4 members (excludes halogenated alkanes) is 2. The molecule has 13 heteroatoms. The van der Waals surface area contributed by atoms with Gasteiger partial charge in [0, 0.05) is 43.9 Å². The van der Waals surface area contributed by atoms with Gasteiger partial charge >= 0.3 is 0 Å². The van der Waals surface area contributed by atoms with E-state index in [4.69, 9.17) is 0 Å². The Balaban J connectivity index is 1.85. The highest BCUT2D eigenvalue weighted by Crippen LogP contribution is 2.37. The topological polar surface area (TPSA) is 145 Å². The number of amides is 4. The summed E-state index contributed by atoms with van der Waals surface area (Å²) in [6, 6.07) is 5.73. The number of carbonyl (C=O) groups excluding carboxylic acids is 4. The molecule has 1 aromatic heterocycles. The Morgan fingerprint density at radius 1 is 0.950 bits per heavy atom. The van der Waals surface area contributed by atoms with Gasteiger partial charge in [0.1, 0.15) is 5.00 Å². The fraction of sp³-hybridized carbons (Fsp3) is 0.481. The van der Waals surface area contributed by atoms with Crippen LogP contribution in [0.3, 0.4) is 0 Å². The van der Waals surface area contributed by atoms with E-state index in [1.165, 1.54) is 53.8 Å². The van der Waals surface area contributed by atoms with Crippen LogP contribution in [0.5, 0.6) is 0 Å². The zero-order chi connectivity index (χ0) is 29.4. The number of fused-ring (bicyclic) bond motifs is 1. The first kappa shape index (κ1) is 31.2. The van der Waals surface area contributed by atoms with Crippen LogP contribution in [0, 0.1) is 0 Å². The molecule has 2 heterocycles. The van der Waals surface area contributed by atoms with Gasteiger partial charge in [-0.25, -0.2) is 8.42 Å². The third-order valence-electron chi connectivity index (χ3n) is 6.58. The first-order chi connectivity index (χ1) is 19.0. The molecule has 0 atom stereocenters. The van der Waals surface area contributed by atoms with Crippen molar-refractivity contribution in [3.8, 4) is 0 Å². The van der Waals surface area contributed by atoms with E-state index in [2.05, 4.69) is 16.2 Å². The predicted octanol–water partition coefficient (Wildman–Crippen LogP) is 3.28. The smallest absolute Gasteiger partial charge is 0.272 e. The number of hydrogen-bond donors (Lipinski definition) is 3. The molecule has 1 aliphatic heterocycles. The maximum atomic E-state index is 13.3. The van der Waals surface area contributed by atoms with Crippen LogP contribution < -0.4 is 16.2 Å². The second kappa shape index (κ2) is 13.9. The summed E-state index contributed by atoms with van der Waals surface area (Å²) in [6.45, 7) is 8.37. The van der Waals surface area contributed by atoms with Gasteiger partial charge in [0.15, 0.2) is 0 Å². The van der Waals surface area contributed by atoms with Gasteiger partial charge in [-0.15, -0.1) is 11.3 Å². The Morgan fingerprint density at radius 2 is 1.57 bits per heavy atom. The standard InChI is InChI=1S/C27H37N5O6S2/c1-5-7-14-32(15-8-6-2)40(37,38)21-11-9-20(10-12-21)25(35)28-27-24(26(36)30-29-18(3)33)22-13-16-31(19(4)34)17-23(22)39-27/h9-12H,5-8,13-17H2,1-4H3,(H,28,35)(H,29,33)(H,30,36). The van der Waals surface area contributed by atoms with Crippen LogP contribution in [0.1, 0.15) is 84.5 Å². The SMILES string of the molecule is CCCCN(CCCC)S(=O)(=O)c1ccc(C(=O)Nc2sc3c(c2C(=O)NNC(C)=O)CCN(C(C)=O)C3)cc1. The fourth-order valence-corrected chi connectivity index (χ4v) is 7.10. The lowest BCUT2D eigenvalue weighted by Crippen LogP contribution is -2.41. The van der Waals surface area contributed by atoms with Crippen molar-refractivity contribution in [2.45, 2.75) is 71.2 Å². The van der Waals surface area contributed by atoms with Gasteiger partial charge in [0.2, 0.25) is 21.8 Å². The van der Waals surface area contributed by atoms with Gasteiger partial charge in [0.25, 0.3) is 11.8 Å². The van der Waals surface area contributed by atoms with Crippen LogP contribution in [-0.2, 0) is 32.6 Å². The minimum atomic E-state index is -3.71. The average Bonchev–Trinajstić information content (AvgIpc) is 3.28. The van der Waals surface area contributed by atoms with E-state index < -0.39 is 27.7 Å². The first-order valence-electron chi connectivity index (χ1n) is 13.4. The van der Waals surface area contributed by atoms with Crippen molar-refractivity contribution in [1.29, 1.82) is 0 Å². The number of nitrogens with zero attached hydrogens (tertiary/aromatic N) is 2. The number of hydrazine groups is 1. The largest absolute Gasteiger partial charge is 0.337 e. The number of benzene rings is 1. The highest BCUT2D eigenvalue weighted by Gasteiger charge is 2.30. The predicted molar refractivity (Wildman–Crippen MR) is 153 cm³/mol. The first-order valence-corrected chi connectivity index (χ1v) is 15.6. The van der Waals surface area contributed by atoms with Crippen molar-refractivity contribution in [3.63, 3.8) is 0 Å². The number of rotatable bonds is 11. The number of carbonyl (C=O) groups is 4. The molecular weight excluding hydrogens is 554 g/mol. The average molecular weight is 592 g/mol. The molecule has 218 valence electrons. The van der Waals surface area contributed by atoms with Gasteiger partial charge in [-0.05, 0) is 49.1 Å². The van der Waals surface area contributed by atoms with Crippen molar-refractivity contribution < 1.29 is 27.6 Å². The van der Waals surface area contributed by atoms with E-state index in [1.54, 1.807) is 4.90 Å². The number of nitrogens with one attached hydrogen (secondary N) is 3. The summed E-state index contributed by atoms with van der Waals surface area (Å²) in [5.74, 6) is -1.65. The van der Waals surface area contributed by atoms with Gasteiger partial charge in [0.05, 0.1) is 17.0 Å². The maximum Gasteiger partial charge on any atom is 0.272 e. The lowest BCUT2D eigenvalue weighted by Gasteiger charge is -2.26. The molecule has 0 saturated carbocycles. The van der Waals surface area contributed by atoms with Crippen molar-refractivity contribution >= 4 is 50.0 Å². The summed E-state index contributed by atoms with van der Waals surface area (Å²) in [7, 11) is -3.71. The van der Waals surface area contributed by atoms with Crippen molar-refractivity contribution in [2.75, 3.05) is 25.0 Å². The zero-order valence-electron chi connectivity index (χ0n) is 23.3. The number of hydrogen-bond acceptors (Lipinski definition) is 7. The minimum Gasteiger partial charge on any atom is -0.337 e. The van der Waals surface area contributed by atoms with E-state index in [0.717, 1.165) is 30.6 Å². The summed E-state index contributed by atoms with van der Waals surface area (Å²) < 4.78 is 28.0. The second-order valence-corrected chi connectivity index (χ2v) is 12.7. The molecule has 0 fully saturated rings. The van der Waals surface area contributed by atoms with Crippen LogP contribution in [0.2, 0.25) is 0 Å². The van der Waals surface area contributed by atoms with Crippen molar-refractivity contribution in [2.24, 2.45) is 0 Å². The van der Waals surface area contributed by atoms with E-state index in [0.29, 0.717) is 38.2 Å². The Bertz CT molecular complexity index is 1350. The normalized spacial score (nSPS) is 13.1. The third kappa shape index (κ3) is 7.46. The van der Waals surface area contributed by atoms with Crippen LogP contribution in [-0.4, -0.2) is 60.9 Å². The van der Waals surface area contributed by atoms with Gasteiger partial charge < -0.3 is 10.2 Å². The molecule has 0 aliphatic carbocycles. The Morgan fingerprint density at radius 3 is 2.12 bits per heavy atom. The van der Waals surface area contributed by atoms with Crippen LogP contribution >= 0.6 is 11.3 Å². The lowest BCUT2D eigenvalue weighted by molar-refractivity contribution is -0.129. The molecule has 0 radical (unpaired) electrons. The van der Waals surface area contributed by atoms with E-state index >= 15 is 0 Å². The van der Waals surface area contributed by atoms with Gasteiger partial charge in [-0.1, -0.05) is 26.7 Å². The molecule has 3 N–H and O–H groups in total. The van der Waals surface area contributed by atoms with Gasteiger partial charge in [-0.2, -0.15) is 4.31 Å². The van der Waals surface area contributed by atoms with Crippen LogP contribution in [0.15, 0.2) is 29.2 Å². The Hall–Kier alpha value is -3.29. The quantitative estimate of drug-likeness (QED) is 0.342. The summed E-state index contributed by atoms with van der Waals surface area (Å²) in [5.41, 5.74) is 5.77. The third-order valence-corrected chi connectivity index (χ3v) is 9.63. The van der Waals surface area contributed by atoms with Crippen LogP contribution in [0.25, 0.3) is 0 Å². The Kier molecular flexibility index (Phi) is 10.8. The molecule has 11 nitrogen and oxygen atoms in total. The highest BCUT2D eigenvalue weighted by atomic mass is 32.2. The summed E-state index contributed by atoms with van der Waals surface area (Å²) in [4.78, 5) is 51.9. The molecule has 1 aromatic carbocycles. The van der Waals surface area contributed by atoms with E-state index in [1.807, 2.05) is 13.8 Å². The second-order valence-electron chi connectivity index (χ2n) is 9.62. The molecular formula is C27H37N5O6S2. The van der Waals surface area contributed by atoms with Gasteiger partial charge in [-0.3, -0.25) is 30.0 Å². The number of thiophene rings is 1. The molecule has 0 spiro atoms. The highest BCUT2D eigenvalue weighted by molar-refractivity contribution is 7.89. The minimum absolute atomic E-state index is 0.0909. The molecule has 4 amide bonds. The molecule has 0 unspecified atom stereocenters. The number of sulfonamides is 1. The van der Waals surface area contributed by atoms with Crippen LogP contribution in [0.4, 0.5) is 5.00 Å². The summed E-state index contributed by atoms with van der Waals surface area (Å²) in [6.07, 6.45) is 3.69. The molecule has 0 bridgehead atoms. The number of anilines is 1. The molecule has 0 saturated heterocycles. The molecule has 40 heavy (non-hydrogen) atoms. The lowest BCUT2D eigenvalue weighted by atomic mass is 10.0.